The summed E-state index contributed by atoms with van der Waals surface area (Å²) in [5, 5.41) is 13.4. The van der Waals surface area contributed by atoms with E-state index in [4.69, 9.17) is 5.11 Å². The van der Waals surface area contributed by atoms with Gasteiger partial charge in [-0.05, 0) is 40.9 Å². The van der Waals surface area contributed by atoms with Gasteiger partial charge in [-0.25, -0.2) is 9.78 Å². The molecule has 19 heavy (non-hydrogen) atoms. The highest BCUT2D eigenvalue weighted by Gasteiger charge is 2.12. The van der Waals surface area contributed by atoms with Crippen LogP contribution in [-0.4, -0.2) is 20.6 Å². The van der Waals surface area contributed by atoms with Gasteiger partial charge in [-0.1, -0.05) is 6.07 Å². The Morgan fingerprint density at radius 2 is 2.26 bits per heavy atom. The number of aromatic nitrogens is 2. The number of benzene rings is 1. The van der Waals surface area contributed by atoms with Crippen LogP contribution < -0.4 is 0 Å². The minimum Gasteiger partial charge on any atom is -0.478 e. The largest absolute Gasteiger partial charge is 0.478 e. The van der Waals surface area contributed by atoms with E-state index in [1.54, 1.807) is 29.8 Å². The molecule has 96 valence electrons. The molecule has 2 heterocycles. The molecule has 0 amide bonds. The molecule has 1 aromatic carbocycles. The summed E-state index contributed by atoms with van der Waals surface area (Å²) in [4.78, 5) is 15.4. The van der Waals surface area contributed by atoms with E-state index in [9.17, 15) is 4.79 Å². The van der Waals surface area contributed by atoms with Crippen molar-refractivity contribution >= 4 is 28.3 Å². The Labute approximate surface area is 113 Å². The predicted molar refractivity (Wildman–Crippen MR) is 74.9 cm³/mol. The lowest BCUT2D eigenvalue weighted by molar-refractivity contribution is 0.0699. The normalized spacial score (nSPS) is 11.0. The molecule has 0 saturated heterocycles. The number of hydrogen-bond donors (Lipinski definition) is 1. The molecular formula is C14H12N2O2S. The Balaban J connectivity index is 2.09. The second-order valence-corrected chi connectivity index (χ2v) is 5.17. The number of aryl methyl sites for hydroxylation is 1. The predicted octanol–water partition coefficient (Wildman–Crippen LogP) is 3.15. The van der Waals surface area contributed by atoms with Crippen LogP contribution in [-0.2, 0) is 6.54 Å². The third-order valence-corrected chi connectivity index (χ3v) is 4.09. The maximum atomic E-state index is 11.1. The maximum absolute atomic E-state index is 11.1. The van der Waals surface area contributed by atoms with Crippen LogP contribution in [0.1, 0.15) is 21.5 Å². The van der Waals surface area contributed by atoms with Crippen molar-refractivity contribution in [2.24, 2.45) is 0 Å². The first-order chi connectivity index (χ1) is 9.16. The summed E-state index contributed by atoms with van der Waals surface area (Å²) in [6.07, 6.45) is 1.70. The third kappa shape index (κ3) is 2.02. The number of rotatable bonds is 3. The van der Waals surface area contributed by atoms with Crippen LogP contribution in [0.5, 0.6) is 0 Å². The summed E-state index contributed by atoms with van der Waals surface area (Å²) in [6.45, 7) is 2.79. The van der Waals surface area contributed by atoms with E-state index in [1.165, 1.54) is 11.1 Å². The molecule has 3 aromatic rings. The molecule has 0 atom stereocenters. The molecule has 4 nitrogen and oxygen atoms in total. The summed E-state index contributed by atoms with van der Waals surface area (Å²) in [5.41, 5.74) is 4.14. The van der Waals surface area contributed by atoms with Crippen molar-refractivity contribution in [3.63, 3.8) is 0 Å². The van der Waals surface area contributed by atoms with Crippen molar-refractivity contribution in [2.75, 3.05) is 0 Å². The second kappa shape index (κ2) is 4.51. The fourth-order valence-electron chi connectivity index (χ4n) is 2.12. The Morgan fingerprint density at radius 1 is 1.42 bits per heavy atom. The molecule has 0 bridgehead atoms. The average molecular weight is 272 g/mol. The number of fused-ring (bicyclic) bond motifs is 1. The van der Waals surface area contributed by atoms with Gasteiger partial charge in [0.05, 0.1) is 24.0 Å². The summed E-state index contributed by atoms with van der Waals surface area (Å²) in [7, 11) is 0. The summed E-state index contributed by atoms with van der Waals surface area (Å²) in [5.74, 6) is -0.942. The van der Waals surface area contributed by atoms with E-state index < -0.39 is 5.97 Å². The van der Waals surface area contributed by atoms with Gasteiger partial charge in [0, 0.05) is 0 Å². The molecule has 0 spiro atoms. The standard InChI is InChI=1S/C14H12N2O2S/c1-9-6-19-7-10(9)5-16-8-15-13-11(14(17)18)3-2-4-12(13)16/h2-4,6-8H,5H2,1H3,(H,17,18). The fourth-order valence-corrected chi connectivity index (χ4v) is 2.97. The van der Waals surface area contributed by atoms with Gasteiger partial charge in [-0.15, -0.1) is 0 Å². The lowest BCUT2D eigenvalue weighted by Gasteiger charge is -2.04. The highest BCUT2D eigenvalue weighted by molar-refractivity contribution is 7.08. The number of carboxylic acids is 1. The lowest BCUT2D eigenvalue weighted by atomic mass is 10.2. The van der Waals surface area contributed by atoms with Crippen molar-refractivity contribution in [1.29, 1.82) is 0 Å². The molecule has 0 radical (unpaired) electrons. The summed E-state index contributed by atoms with van der Waals surface area (Å²) >= 11 is 1.67. The number of nitrogens with zero attached hydrogens (tertiary/aromatic N) is 2. The maximum Gasteiger partial charge on any atom is 0.337 e. The molecular weight excluding hydrogens is 260 g/mol. The quantitative estimate of drug-likeness (QED) is 0.796. The van der Waals surface area contributed by atoms with Gasteiger partial charge in [0.1, 0.15) is 5.52 Å². The zero-order valence-corrected chi connectivity index (χ0v) is 11.1. The van der Waals surface area contributed by atoms with Crippen molar-refractivity contribution in [3.8, 4) is 0 Å². The number of hydrogen-bond acceptors (Lipinski definition) is 3. The number of imidazole rings is 1. The van der Waals surface area contributed by atoms with Gasteiger partial charge in [0.15, 0.2) is 0 Å². The van der Waals surface area contributed by atoms with Crippen LogP contribution in [0.3, 0.4) is 0 Å². The summed E-state index contributed by atoms with van der Waals surface area (Å²) in [6, 6.07) is 5.23. The van der Waals surface area contributed by atoms with Crippen LogP contribution in [0.2, 0.25) is 0 Å². The first-order valence-corrected chi connectivity index (χ1v) is 6.80. The van der Waals surface area contributed by atoms with Gasteiger partial charge in [-0.2, -0.15) is 11.3 Å². The number of carbonyl (C=O) groups is 1. The molecule has 0 unspecified atom stereocenters. The fraction of sp³-hybridized carbons (Fsp3) is 0.143. The van der Waals surface area contributed by atoms with Crippen molar-refractivity contribution in [1.82, 2.24) is 9.55 Å². The smallest absolute Gasteiger partial charge is 0.337 e. The number of aromatic carboxylic acids is 1. The van der Waals surface area contributed by atoms with Crippen molar-refractivity contribution in [3.05, 3.63) is 52.0 Å². The molecule has 0 aliphatic carbocycles. The van der Waals surface area contributed by atoms with Gasteiger partial charge < -0.3 is 9.67 Å². The van der Waals surface area contributed by atoms with Gasteiger partial charge in [0.25, 0.3) is 0 Å². The number of carboxylic acid groups (broad SMARTS) is 1. The van der Waals surface area contributed by atoms with E-state index >= 15 is 0 Å². The number of para-hydroxylation sites is 1. The van der Waals surface area contributed by atoms with E-state index in [0.717, 1.165) is 12.1 Å². The van der Waals surface area contributed by atoms with Crippen LogP contribution in [0.4, 0.5) is 0 Å². The van der Waals surface area contributed by atoms with Gasteiger partial charge in [0.2, 0.25) is 0 Å². The van der Waals surface area contributed by atoms with Gasteiger partial charge in [-0.3, -0.25) is 0 Å². The zero-order chi connectivity index (χ0) is 13.4. The van der Waals surface area contributed by atoms with E-state index in [-0.39, 0.29) is 5.56 Å². The average Bonchev–Trinajstić information content (AvgIpc) is 2.97. The molecule has 0 aliphatic rings. The minimum absolute atomic E-state index is 0.248. The molecule has 2 aromatic heterocycles. The molecule has 5 heteroatoms. The monoisotopic (exact) mass is 272 g/mol. The molecule has 3 rings (SSSR count). The lowest BCUT2D eigenvalue weighted by Crippen LogP contribution is -2.00. The molecule has 0 saturated carbocycles. The first kappa shape index (κ1) is 11.9. The van der Waals surface area contributed by atoms with Crippen LogP contribution >= 0.6 is 11.3 Å². The Bertz CT molecular complexity index is 758. The summed E-state index contributed by atoms with van der Waals surface area (Å²) < 4.78 is 1.98. The Morgan fingerprint density at radius 3 is 2.95 bits per heavy atom. The van der Waals surface area contributed by atoms with Crippen LogP contribution in [0.15, 0.2) is 35.3 Å². The van der Waals surface area contributed by atoms with Crippen molar-refractivity contribution in [2.45, 2.75) is 13.5 Å². The van der Waals surface area contributed by atoms with E-state index in [0.29, 0.717) is 5.52 Å². The van der Waals surface area contributed by atoms with Crippen LogP contribution in [0, 0.1) is 6.92 Å². The third-order valence-electron chi connectivity index (χ3n) is 3.18. The zero-order valence-electron chi connectivity index (χ0n) is 10.3. The highest BCUT2D eigenvalue weighted by Crippen LogP contribution is 2.21. The van der Waals surface area contributed by atoms with E-state index in [2.05, 4.69) is 22.7 Å². The number of thiophene rings is 1. The van der Waals surface area contributed by atoms with Crippen LogP contribution in [0.25, 0.3) is 11.0 Å². The highest BCUT2D eigenvalue weighted by atomic mass is 32.1. The van der Waals surface area contributed by atoms with E-state index in [1.807, 2.05) is 10.6 Å². The first-order valence-electron chi connectivity index (χ1n) is 5.85. The van der Waals surface area contributed by atoms with Crippen molar-refractivity contribution < 1.29 is 9.90 Å². The molecule has 1 N–H and O–H groups in total. The molecule has 0 fully saturated rings. The Hall–Kier alpha value is -2.14. The minimum atomic E-state index is -0.942. The second-order valence-electron chi connectivity index (χ2n) is 4.43. The topological polar surface area (TPSA) is 55.1 Å². The van der Waals surface area contributed by atoms with Gasteiger partial charge >= 0.3 is 5.97 Å². The Kier molecular flexibility index (Phi) is 2.83. The SMILES string of the molecule is Cc1cscc1Cn1cnc2c(C(=O)O)cccc21. The molecule has 0 aliphatic heterocycles.